The summed E-state index contributed by atoms with van der Waals surface area (Å²) in [5.41, 5.74) is 2.45. The van der Waals surface area contributed by atoms with Crippen molar-refractivity contribution in [3.05, 3.63) is 70.3 Å². The first-order valence-electron chi connectivity index (χ1n) is 10.6. The fourth-order valence-corrected chi connectivity index (χ4v) is 3.63. The predicted octanol–water partition coefficient (Wildman–Crippen LogP) is 4.22. The van der Waals surface area contributed by atoms with Crippen LogP contribution in [0.3, 0.4) is 0 Å². The molecule has 0 unspecified atom stereocenters. The van der Waals surface area contributed by atoms with Crippen LogP contribution in [-0.2, 0) is 17.7 Å². The number of methoxy groups -OCH3 is 1. The quantitative estimate of drug-likeness (QED) is 0.590. The minimum atomic E-state index is -0.428. The summed E-state index contributed by atoms with van der Waals surface area (Å²) < 4.78 is 6.86. The molecule has 1 atom stereocenters. The Hall–Kier alpha value is -3.19. The van der Waals surface area contributed by atoms with Crippen molar-refractivity contribution in [2.45, 2.75) is 39.8 Å². The van der Waals surface area contributed by atoms with Gasteiger partial charge in [0.15, 0.2) is 0 Å². The maximum absolute atomic E-state index is 13.2. The van der Waals surface area contributed by atoms with E-state index in [4.69, 9.17) is 9.72 Å². The van der Waals surface area contributed by atoms with Gasteiger partial charge >= 0.3 is 6.03 Å². The molecule has 0 saturated carbocycles. The summed E-state index contributed by atoms with van der Waals surface area (Å²) in [6, 6.07) is 14.4. The van der Waals surface area contributed by atoms with Gasteiger partial charge in [-0.05, 0) is 50.1 Å². The smallest absolute Gasteiger partial charge is 0.322 e. The molecule has 1 heterocycles. The van der Waals surface area contributed by atoms with E-state index in [1.54, 1.807) is 22.6 Å². The number of aromatic nitrogens is 2. The van der Waals surface area contributed by atoms with Gasteiger partial charge in [0.05, 0.1) is 23.6 Å². The summed E-state index contributed by atoms with van der Waals surface area (Å²) in [7, 11) is 1.60. The van der Waals surface area contributed by atoms with Crippen molar-refractivity contribution in [1.82, 2.24) is 14.5 Å². The van der Waals surface area contributed by atoms with Crippen LogP contribution in [-0.4, -0.2) is 40.7 Å². The first-order valence-corrected chi connectivity index (χ1v) is 10.6. The Balaban J connectivity index is 1.96. The van der Waals surface area contributed by atoms with Crippen LogP contribution >= 0.6 is 0 Å². The Morgan fingerprint density at radius 1 is 1.16 bits per heavy atom. The average Bonchev–Trinajstić information content (AvgIpc) is 2.79. The number of anilines is 1. The highest BCUT2D eigenvalue weighted by atomic mass is 16.5. The van der Waals surface area contributed by atoms with Crippen LogP contribution in [0.15, 0.2) is 53.3 Å². The Kier molecular flexibility index (Phi) is 7.41. The lowest BCUT2D eigenvalue weighted by Crippen LogP contribution is -2.41. The first-order chi connectivity index (χ1) is 15.0. The number of hydrogen-bond acceptors (Lipinski definition) is 4. The predicted molar refractivity (Wildman–Crippen MR) is 124 cm³/mol. The lowest BCUT2D eigenvalue weighted by molar-refractivity contribution is 0.136. The molecule has 0 saturated heterocycles. The molecule has 0 fully saturated rings. The number of hydrogen-bond donors (Lipinski definition) is 1. The van der Waals surface area contributed by atoms with Gasteiger partial charge in [-0.1, -0.05) is 31.2 Å². The molecule has 0 bridgehead atoms. The van der Waals surface area contributed by atoms with Crippen LogP contribution in [0.1, 0.15) is 38.2 Å². The molecule has 0 aliphatic rings. The fraction of sp³-hybridized carbons (Fsp3) is 0.375. The largest absolute Gasteiger partial charge is 0.383 e. The SMILES string of the molecule is CCc1ccc(NC(=O)N(CCOC)[C@H](C)c2nc3ccccc3c(=O)n2CC)cc1. The van der Waals surface area contributed by atoms with Crippen LogP contribution in [0.4, 0.5) is 10.5 Å². The maximum atomic E-state index is 13.2. The van der Waals surface area contributed by atoms with E-state index < -0.39 is 6.04 Å². The summed E-state index contributed by atoms with van der Waals surface area (Å²) in [4.78, 5) is 32.6. The van der Waals surface area contributed by atoms with E-state index in [0.717, 1.165) is 12.1 Å². The van der Waals surface area contributed by atoms with E-state index >= 15 is 0 Å². The normalized spacial score (nSPS) is 12.0. The average molecular weight is 423 g/mol. The van der Waals surface area contributed by atoms with Crippen LogP contribution in [0, 0.1) is 0 Å². The van der Waals surface area contributed by atoms with Crippen LogP contribution in [0.5, 0.6) is 0 Å². The van der Waals surface area contributed by atoms with Crippen molar-refractivity contribution in [2.24, 2.45) is 0 Å². The van der Waals surface area contributed by atoms with E-state index in [1.807, 2.05) is 56.3 Å². The zero-order valence-corrected chi connectivity index (χ0v) is 18.6. The Morgan fingerprint density at radius 3 is 2.52 bits per heavy atom. The van der Waals surface area contributed by atoms with Gasteiger partial charge in [0.25, 0.3) is 5.56 Å². The highest BCUT2D eigenvalue weighted by Crippen LogP contribution is 2.21. The molecule has 0 aliphatic heterocycles. The van der Waals surface area contributed by atoms with Crippen LogP contribution in [0.2, 0.25) is 0 Å². The molecular weight excluding hydrogens is 392 g/mol. The van der Waals surface area contributed by atoms with Gasteiger partial charge in [-0.25, -0.2) is 9.78 Å². The molecule has 0 radical (unpaired) electrons. The molecule has 7 heteroatoms. The van der Waals surface area contributed by atoms with E-state index in [9.17, 15) is 9.59 Å². The van der Waals surface area contributed by atoms with Crippen molar-refractivity contribution < 1.29 is 9.53 Å². The van der Waals surface area contributed by atoms with Crippen molar-refractivity contribution in [3.63, 3.8) is 0 Å². The Bertz CT molecular complexity index is 1090. The third-order valence-corrected chi connectivity index (χ3v) is 5.46. The lowest BCUT2D eigenvalue weighted by atomic mass is 10.1. The molecule has 7 nitrogen and oxygen atoms in total. The van der Waals surface area contributed by atoms with Gasteiger partial charge in [-0.3, -0.25) is 9.36 Å². The summed E-state index contributed by atoms with van der Waals surface area (Å²) >= 11 is 0. The first kappa shape index (κ1) is 22.5. The highest BCUT2D eigenvalue weighted by molar-refractivity contribution is 5.89. The molecule has 0 spiro atoms. The van der Waals surface area contributed by atoms with Crippen LogP contribution < -0.4 is 10.9 Å². The van der Waals surface area contributed by atoms with Gasteiger partial charge in [0, 0.05) is 25.9 Å². The fourth-order valence-electron chi connectivity index (χ4n) is 3.63. The number of para-hydroxylation sites is 1. The van der Waals surface area contributed by atoms with E-state index in [-0.39, 0.29) is 11.6 Å². The number of aryl methyl sites for hydroxylation is 1. The van der Waals surface area contributed by atoms with E-state index in [0.29, 0.717) is 36.4 Å². The molecule has 164 valence electrons. The minimum absolute atomic E-state index is 0.0998. The summed E-state index contributed by atoms with van der Waals surface area (Å²) in [5, 5.41) is 3.53. The maximum Gasteiger partial charge on any atom is 0.322 e. The highest BCUT2D eigenvalue weighted by Gasteiger charge is 2.26. The monoisotopic (exact) mass is 422 g/mol. The number of ether oxygens (including phenoxy) is 1. The number of carbonyl (C=O) groups excluding carboxylic acids is 1. The molecule has 2 amide bonds. The molecule has 1 aromatic heterocycles. The number of amides is 2. The summed E-state index contributed by atoms with van der Waals surface area (Å²) in [5.74, 6) is 0.554. The van der Waals surface area contributed by atoms with Gasteiger partial charge in [-0.2, -0.15) is 0 Å². The lowest BCUT2D eigenvalue weighted by Gasteiger charge is -2.30. The standard InChI is InChI=1S/C24H30N4O3/c1-5-18-11-13-19(14-12-18)25-24(30)28(15-16-31-4)17(3)22-26-21-10-8-7-9-20(21)23(29)27(22)6-2/h7-14,17H,5-6,15-16H2,1-4H3,(H,25,30)/t17-/m1/s1. The van der Waals surface area contributed by atoms with Gasteiger partial charge in [0.1, 0.15) is 5.82 Å². The Morgan fingerprint density at radius 2 is 1.87 bits per heavy atom. The molecule has 3 aromatic rings. The minimum Gasteiger partial charge on any atom is -0.383 e. The zero-order valence-electron chi connectivity index (χ0n) is 18.6. The van der Waals surface area contributed by atoms with Crippen molar-refractivity contribution in [1.29, 1.82) is 0 Å². The van der Waals surface area contributed by atoms with E-state index in [1.165, 1.54) is 5.56 Å². The van der Waals surface area contributed by atoms with Crippen LogP contribution in [0.25, 0.3) is 10.9 Å². The summed E-state index contributed by atoms with van der Waals surface area (Å²) in [6.45, 7) is 7.08. The van der Waals surface area contributed by atoms with Gasteiger partial charge in [-0.15, -0.1) is 0 Å². The molecule has 2 aromatic carbocycles. The second-order valence-electron chi connectivity index (χ2n) is 7.38. The molecular formula is C24H30N4O3. The zero-order chi connectivity index (χ0) is 22.4. The number of nitrogens with one attached hydrogen (secondary N) is 1. The molecule has 31 heavy (non-hydrogen) atoms. The van der Waals surface area contributed by atoms with Crippen molar-refractivity contribution >= 4 is 22.6 Å². The number of fused-ring (bicyclic) bond motifs is 1. The number of rotatable bonds is 8. The van der Waals surface area contributed by atoms with Crippen molar-refractivity contribution in [2.75, 3.05) is 25.6 Å². The number of urea groups is 1. The second kappa shape index (κ2) is 10.2. The Labute approximate surface area is 182 Å². The molecule has 1 N–H and O–H groups in total. The third kappa shape index (κ3) is 4.94. The summed E-state index contributed by atoms with van der Waals surface area (Å²) in [6.07, 6.45) is 0.938. The number of carbonyl (C=O) groups is 1. The second-order valence-corrected chi connectivity index (χ2v) is 7.38. The number of nitrogens with zero attached hydrogens (tertiary/aromatic N) is 3. The van der Waals surface area contributed by atoms with Gasteiger partial charge < -0.3 is 15.0 Å². The molecule has 0 aliphatic carbocycles. The van der Waals surface area contributed by atoms with E-state index in [2.05, 4.69) is 12.2 Å². The third-order valence-electron chi connectivity index (χ3n) is 5.46. The number of benzene rings is 2. The topological polar surface area (TPSA) is 76.5 Å². The van der Waals surface area contributed by atoms with Crippen molar-refractivity contribution in [3.8, 4) is 0 Å². The molecule has 3 rings (SSSR count). The van der Waals surface area contributed by atoms with Gasteiger partial charge in [0.2, 0.25) is 0 Å².